The Labute approximate surface area is 124 Å². The number of nitrogens with zero attached hydrogens (tertiary/aromatic N) is 1. The number of carbonyl (C=O) groups excluding carboxylic acids is 1. The molecule has 0 saturated carbocycles. The van der Waals surface area contributed by atoms with Crippen LogP contribution in [0, 0.1) is 5.41 Å². The summed E-state index contributed by atoms with van der Waals surface area (Å²) in [7, 11) is 3.10. The van der Waals surface area contributed by atoms with Crippen LogP contribution in [0.15, 0.2) is 18.2 Å². The fourth-order valence-corrected chi connectivity index (χ4v) is 1.95. The van der Waals surface area contributed by atoms with E-state index in [-0.39, 0.29) is 22.8 Å². The molecule has 0 saturated heterocycles. The van der Waals surface area contributed by atoms with Gasteiger partial charge >= 0.3 is 12.0 Å². The Morgan fingerprint density at radius 1 is 1.33 bits per heavy atom. The zero-order valence-corrected chi connectivity index (χ0v) is 13.1. The standard InChI is InChI=1S/C15H22N2O4/c1-15(2,3)9-17(4)14(20)16-10-6-7-11(13(18)19)12(8-10)21-5/h6-8H,9H2,1-5H3,(H,16,20)(H,18,19). The molecule has 1 aromatic rings. The number of carboxylic acid groups (broad SMARTS) is 1. The summed E-state index contributed by atoms with van der Waals surface area (Å²) in [5.74, 6) is -0.867. The number of aromatic carboxylic acids is 1. The summed E-state index contributed by atoms with van der Waals surface area (Å²) in [6.07, 6.45) is 0. The molecule has 0 aliphatic carbocycles. The van der Waals surface area contributed by atoms with E-state index in [2.05, 4.69) is 5.32 Å². The fraction of sp³-hybridized carbons (Fsp3) is 0.467. The smallest absolute Gasteiger partial charge is 0.339 e. The lowest BCUT2D eigenvalue weighted by Gasteiger charge is -2.26. The molecule has 21 heavy (non-hydrogen) atoms. The first kappa shape index (κ1) is 16.8. The molecule has 1 rings (SSSR count). The SMILES string of the molecule is COc1cc(NC(=O)N(C)CC(C)(C)C)ccc1C(=O)O. The Balaban J connectivity index is 2.84. The molecule has 2 N–H and O–H groups in total. The predicted octanol–water partition coefficient (Wildman–Crippen LogP) is 2.90. The van der Waals surface area contributed by atoms with Gasteiger partial charge in [-0.25, -0.2) is 9.59 Å². The van der Waals surface area contributed by atoms with Gasteiger partial charge in [0.2, 0.25) is 0 Å². The molecule has 0 aromatic heterocycles. The Morgan fingerprint density at radius 3 is 2.43 bits per heavy atom. The average molecular weight is 294 g/mol. The number of nitrogens with one attached hydrogen (secondary N) is 1. The number of hydrogen-bond acceptors (Lipinski definition) is 3. The molecule has 2 amide bonds. The number of ether oxygens (including phenoxy) is 1. The van der Waals surface area contributed by atoms with Crippen LogP contribution in [-0.4, -0.2) is 42.7 Å². The lowest BCUT2D eigenvalue weighted by molar-refractivity contribution is 0.0693. The molecule has 6 nitrogen and oxygen atoms in total. The quantitative estimate of drug-likeness (QED) is 0.895. The van der Waals surface area contributed by atoms with Crippen LogP contribution in [0.5, 0.6) is 5.75 Å². The van der Waals surface area contributed by atoms with Gasteiger partial charge in [-0.15, -0.1) is 0 Å². The normalized spacial score (nSPS) is 10.9. The minimum absolute atomic E-state index is 0.00303. The second kappa shape index (κ2) is 6.47. The van der Waals surface area contributed by atoms with Crippen LogP contribution in [0.2, 0.25) is 0 Å². The summed E-state index contributed by atoms with van der Waals surface area (Å²) >= 11 is 0. The van der Waals surface area contributed by atoms with Crippen molar-refractivity contribution in [3.63, 3.8) is 0 Å². The van der Waals surface area contributed by atoms with E-state index in [4.69, 9.17) is 9.84 Å². The molecule has 0 fully saturated rings. The number of methoxy groups -OCH3 is 1. The molecule has 0 aliphatic rings. The number of anilines is 1. The first-order valence-corrected chi connectivity index (χ1v) is 6.57. The number of rotatable bonds is 4. The lowest BCUT2D eigenvalue weighted by Crippen LogP contribution is -2.37. The van der Waals surface area contributed by atoms with E-state index < -0.39 is 5.97 Å². The number of benzene rings is 1. The van der Waals surface area contributed by atoms with Crippen LogP contribution in [0.4, 0.5) is 10.5 Å². The average Bonchev–Trinajstić information content (AvgIpc) is 2.36. The zero-order chi connectivity index (χ0) is 16.2. The Bertz CT molecular complexity index is 535. The van der Waals surface area contributed by atoms with Crippen molar-refractivity contribution in [1.82, 2.24) is 4.90 Å². The van der Waals surface area contributed by atoms with Crippen LogP contribution in [-0.2, 0) is 0 Å². The maximum atomic E-state index is 12.1. The van der Waals surface area contributed by atoms with E-state index in [9.17, 15) is 9.59 Å². The molecule has 0 bridgehead atoms. The molecular formula is C15H22N2O4. The fourth-order valence-electron chi connectivity index (χ4n) is 1.95. The lowest BCUT2D eigenvalue weighted by atomic mass is 9.96. The summed E-state index contributed by atoms with van der Waals surface area (Å²) in [4.78, 5) is 24.7. The third-order valence-corrected chi connectivity index (χ3v) is 2.74. The van der Waals surface area contributed by atoms with Crippen molar-refractivity contribution in [3.8, 4) is 5.75 Å². The van der Waals surface area contributed by atoms with Crippen molar-refractivity contribution >= 4 is 17.7 Å². The molecule has 0 heterocycles. The Morgan fingerprint density at radius 2 is 1.95 bits per heavy atom. The van der Waals surface area contributed by atoms with Gasteiger partial charge in [-0.3, -0.25) is 0 Å². The van der Waals surface area contributed by atoms with E-state index in [0.29, 0.717) is 12.2 Å². The first-order chi connectivity index (χ1) is 9.64. The molecule has 116 valence electrons. The molecule has 0 spiro atoms. The van der Waals surface area contributed by atoms with Crippen LogP contribution in [0.3, 0.4) is 0 Å². The van der Waals surface area contributed by atoms with Crippen molar-refractivity contribution in [2.45, 2.75) is 20.8 Å². The minimum atomic E-state index is -1.07. The number of carboxylic acids is 1. The molecular weight excluding hydrogens is 272 g/mol. The largest absolute Gasteiger partial charge is 0.496 e. The molecule has 0 unspecified atom stereocenters. The van der Waals surface area contributed by atoms with Crippen molar-refractivity contribution in [3.05, 3.63) is 23.8 Å². The minimum Gasteiger partial charge on any atom is -0.496 e. The highest BCUT2D eigenvalue weighted by Crippen LogP contribution is 2.23. The van der Waals surface area contributed by atoms with E-state index >= 15 is 0 Å². The maximum absolute atomic E-state index is 12.1. The molecule has 1 aromatic carbocycles. The highest BCUT2D eigenvalue weighted by Gasteiger charge is 2.18. The van der Waals surface area contributed by atoms with Gasteiger partial charge in [-0.05, 0) is 17.5 Å². The highest BCUT2D eigenvalue weighted by molar-refractivity contribution is 5.94. The summed E-state index contributed by atoms with van der Waals surface area (Å²) < 4.78 is 5.02. The highest BCUT2D eigenvalue weighted by atomic mass is 16.5. The molecule has 0 aliphatic heterocycles. The van der Waals surface area contributed by atoms with Crippen molar-refractivity contribution in [2.24, 2.45) is 5.41 Å². The van der Waals surface area contributed by atoms with E-state index in [1.807, 2.05) is 20.8 Å². The summed E-state index contributed by atoms with van der Waals surface area (Å²) in [6, 6.07) is 4.18. The van der Waals surface area contributed by atoms with Crippen LogP contribution >= 0.6 is 0 Å². The van der Waals surface area contributed by atoms with Crippen molar-refractivity contribution in [2.75, 3.05) is 26.0 Å². The van der Waals surface area contributed by atoms with E-state index in [0.717, 1.165) is 0 Å². The third-order valence-electron chi connectivity index (χ3n) is 2.74. The first-order valence-electron chi connectivity index (χ1n) is 6.57. The van der Waals surface area contributed by atoms with Gasteiger partial charge in [0, 0.05) is 25.3 Å². The van der Waals surface area contributed by atoms with Gasteiger partial charge < -0.3 is 20.1 Å². The zero-order valence-electron chi connectivity index (χ0n) is 13.1. The number of carbonyl (C=O) groups is 2. The van der Waals surface area contributed by atoms with E-state index in [1.54, 1.807) is 11.9 Å². The molecule has 0 atom stereocenters. The van der Waals surface area contributed by atoms with Crippen LogP contribution in [0.1, 0.15) is 31.1 Å². The number of amides is 2. The van der Waals surface area contributed by atoms with Crippen LogP contribution < -0.4 is 10.1 Å². The van der Waals surface area contributed by atoms with Gasteiger partial charge in [0.05, 0.1) is 7.11 Å². The van der Waals surface area contributed by atoms with Gasteiger partial charge in [0.1, 0.15) is 11.3 Å². The summed E-state index contributed by atoms with van der Waals surface area (Å²) in [5, 5.41) is 11.7. The number of urea groups is 1. The predicted molar refractivity (Wildman–Crippen MR) is 81.1 cm³/mol. The van der Waals surface area contributed by atoms with Gasteiger partial charge in [0.15, 0.2) is 0 Å². The maximum Gasteiger partial charge on any atom is 0.339 e. The second-order valence-corrected chi connectivity index (χ2v) is 6.07. The second-order valence-electron chi connectivity index (χ2n) is 6.07. The van der Waals surface area contributed by atoms with Crippen molar-refractivity contribution in [1.29, 1.82) is 0 Å². The Hall–Kier alpha value is -2.24. The topological polar surface area (TPSA) is 78.9 Å². The van der Waals surface area contributed by atoms with Gasteiger partial charge in [-0.2, -0.15) is 0 Å². The van der Waals surface area contributed by atoms with Gasteiger partial charge in [-0.1, -0.05) is 20.8 Å². The Kier molecular flexibility index (Phi) is 5.18. The summed E-state index contributed by atoms with van der Waals surface area (Å²) in [5.41, 5.74) is 0.540. The third kappa shape index (κ3) is 4.98. The molecule has 0 radical (unpaired) electrons. The van der Waals surface area contributed by atoms with Crippen LogP contribution in [0.25, 0.3) is 0 Å². The summed E-state index contributed by atoms with van der Waals surface area (Å²) in [6.45, 7) is 6.73. The van der Waals surface area contributed by atoms with E-state index in [1.165, 1.54) is 25.3 Å². The monoisotopic (exact) mass is 294 g/mol. The van der Waals surface area contributed by atoms with Crippen molar-refractivity contribution < 1.29 is 19.4 Å². The van der Waals surface area contributed by atoms with Gasteiger partial charge in [0.25, 0.3) is 0 Å². The number of hydrogen-bond donors (Lipinski definition) is 2. The molecule has 6 heteroatoms.